The Hall–Kier alpha value is -2.97. The second-order valence-electron chi connectivity index (χ2n) is 20.9. The predicted molar refractivity (Wildman–Crippen MR) is 296 cm³/mol. The summed E-state index contributed by atoms with van der Waals surface area (Å²) < 4.78 is 17.3. The number of allylic oxidation sites excluding steroid dienone is 10. The van der Waals surface area contributed by atoms with Gasteiger partial charge in [0.05, 0.1) is 40.3 Å². The molecule has 0 aromatic rings. The van der Waals surface area contributed by atoms with Crippen molar-refractivity contribution >= 4 is 17.9 Å². The maximum absolute atomic E-state index is 12.8. The number of carbonyl (C=O) groups is 3. The molecule has 0 aromatic heterocycles. The molecule has 0 heterocycles. The number of hydrogen-bond donors (Lipinski definition) is 0. The minimum atomic E-state index is -1.13. The van der Waals surface area contributed by atoms with Crippen molar-refractivity contribution in [2.75, 3.05) is 41.0 Å². The lowest BCUT2D eigenvalue weighted by atomic mass is 10.0. The number of carbonyl (C=O) groups excluding carboxylic acids is 3. The molecule has 406 valence electrons. The lowest BCUT2D eigenvalue weighted by Gasteiger charge is -2.34. The van der Waals surface area contributed by atoms with Crippen LogP contribution in [0.1, 0.15) is 264 Å². The molecular formula is C62H111NO7. The largest absolute Gasteiger partial charge is 0.544 e. The number of aliphatic carboxylic acids is 1. The number of rotatable bonds is 53. The molecule has 0 saturated heterocycles. The van der Waals surface area contributed by atoms with Gasteiger partial charge in [0.25, 0.3) is 0 Å². The smallest absolute Gasteiger partial charge is 0.306 e. The monoisotopic (exact) mass is 982 g/mol. The third-order valence-corrected chi connectivity index (χ3v) is 13.2. The van der Waals surface area contributed by atoms with Gasteiger partial charge in [0, 0.05) is 19.3 Å². The summed E-state index contributed by atoms with van der Waals surface area (Å²) in [4.78, 5) is 37.2. The van der Waals surface area contributed by atoms with Gasteiger partial charge in [0.2, 0.25) is 0 Å². The number of carboxylic acid groups (broad SMARTS) is 1. The quantitative estimate of drug-likeness (QED) is 0.0259. The molecule has 8 nitrogen and oxygen atoms in total. The van der Waals surface area contributed by atoms with E-state index in [1.165, 1.54) is 148 Å². The van der Waals surface area contributed by atoms with Gasteiger partial charge < -0.3 is 28.6 Å². The molecule has 0 aromatic carbocycles. The number of likely N-dealkylation sites (N-methyl/N-ethyl adjacent to an activating group) is 1. The normalized spacial score (nSPS) is 13.2. The van der Waals surface area contributed by atoms with E-state index >= 15 is 0 Å². The third-order valence-electron chi connectivity index (χ3n) is 13.2. The van der Waals surface area contributed by atoms with Crippen LogP contribution < -0.4 is 5.11 Å². The summed E-state index contributed by atoms with van der Waals surface area (Å²) in [5.41, 5.74) is 0. The molecule has 0 bridgehead atoms. The van der Waals surface area contributed by atoms with E-state index in [0.29, 0.717) is 12.8 Å². The molecule has 0 saturated carbocycles. The maximum Gasteiger partial charge on any atom is 0.306 e. The first kappa shape index (κ1) is 67.0. The lowest BCUT2D eigenvalue weighted by molar-refractivity contribution is -0.889. The molecule has 70 heavy (non-hydrogen) atoms. The summed E-state index contributed by atoms with van der Waals surface area (Å²) in [5.74, 6) is -1.74. The Morgan fingerprint density at radius 1 is 0.443 bits per heavy atom. The Bertz CT molecular complexity index is 1330. The van der Waals surface area contributed by atoms with Gasteiger partial charge in [-0.2, -0.15) is 0 Å². The Labute approximate surface area is 432 Å². The summed E-state index contributed by atoms with van der Waals surface area (Å²) in [6, 6.07) is -0.730. The molecule has 0 aliphatic carbocycles. The fourth-order valence-electron chi connectivity index (χ4n) is 8.69. The number of nitrogens with zero attached hydrogens (tertiary/aromatic N) is 1. The van der Waals surface area contributed by atoms with Crippen LogP contribution in [-0.4, -0.2) is 75.5 Å². The molecular weight excluding hydrogens is 871 g/mol. The zero-order chi connectivity index (χ0) is 51.3. The van der Waals surface area contributed by atoms with E-state index < -0.39 is 18.1 Å². The summed E-state index contributed by atoms with van der Waals surface area (Å²) >= 11 is 0. The van der Waals surface area contributed by atoms with Crippen LogP contribution in [0.25, 0.3) is 0 Å². The number of ether oxygens (including phenoxy) is 3. The predicted octanol–water partition coefficient (Wildman–Crippen LogP) is 16.3. The van der Waals surface area contributed by atoms with E-state index in [4.69, 9.17) is 14.2 Å². The number of esters is 2. The summed E-state index contributed by atoms with van der Waals surface area (Å²) in [5, 5.41) is 11.7. The van der Waals surface area contributed by atoms with Crippen molar-refractivity contribution in [3.8, 4) is 0 Å². The highest BCUT2D eigenvalue weighted by molar-refractivity contribution is 5.70. The molecule has 8 heteroatoms. The number of unbranched alkanes of at least 4 members (excludes halogenated alkanes) is 29. The summed E-state index contributed by atoms with van der Waals surface area (Å²) in [6.45, 7) is 4.58. The summed E-state index contributed by atoms with van der Waals surface area (Å²) in [7, 11) is 5.42. The Balaban J connectivity index is 4.17. The van der Waals surface area contributed by atoms with E-state index in [2.05, 4.69) is 74.6 Å². The van der Waals surface area contributed by atoms with Crippen molar-refractivity contribution in [1.29, 1.82) is 0 Å². The molecule has 0 aliphatic rings. The number of carboxylic acids is 1. The Kier molecular flexibility index (Phi) is 50.1. The van der Waals surface area contributed by atoms with Gasteiger partial charge >= 0.3 is 11.9 Å². The first-order chi connectivity index (χ1) is 34.1. The van der Waals surface area contributed by atoms with Crippen molar-refractivity contribution < 1.29 is 38.2 Å². The highest BCUT2D eigenvalue weighted by atomic mass is 16.6. The van der Waals surface area contributed by atoms with E-state index in [9.17, 15) is 19.5 Å². The minimum Gasteiger partial charge on any atom is -0.544 e. The van der Waals surface area contributed by atoms with Gasteiger partial charge in [0.1, 0.15) is 12.6 Å². The summed E-state index contributed by atoms with van der Waals surface area (Å²) in [6.07, 6.45) is 66.9. The van der Waals surface area contributed by atoms with E-state index in [1.807, 2.05) is 21.1 Å². The zero-order valence-electron chi connectivity index (χ0n) is 46.4. The van der Waals surface area contributed by atoms with Crippen LogP contribution in [0.2, 0.25) is 0 Å². The molecule has 0 aliphatic heterocycles. The van der Waals surface area contributed by atoms with Gasteiger partial charge in [-0.15, -0.1) is 0 Å². The first-order valence-electron chi connectivity index (χ1n) is 29.3. The number of quaternary nitrogens is 1. The van der Waals surface area contributed by atoms with Crippen molar-refractivity contribution in [3.63, 3.8) is 0 Å². The lowest BCUT2D eigenvalue weighted by Crippen LogP contribution is -2.55. The van der Waals surface area contributed by atoms with Gasteiger partial charge in [-0.1, -0.05) is 248 Å². The molecule has 2 atom stereocenters. The van der Waals surface area contributed by atoms with Crippen LogP contribution >= 0.6 is 0 Å². The van der Waals surface area contributed by atoms with Gasteiger partial charge in [-0.05, 0) is 57.8 Å². The Morgan fingerprint density at radius 2 is 0.800 bits per heavy atom. The fourth-order valence-corrected chi connectivity index (χ4v) is 8.69. The van der Waals surface area contributed by atoms with Crippen molar-refractivity contribution in [3.05, 3.63) is 60.8 Å². The second-order valence-corrected chi connectivity index (χ2v) is 20.9. The molecule has 0 rings (SSSR count). The molecule has 0 amide bonds. The Morgan fingerprint density at radius 3 is 1.19 bits per heavy atom. The van der Waals surface area contributed by atoms with Crippen molar-refractivity contribution in [2.45, 2.75) is 276 Å². The molecule has 0 spiro atoms. The zero-order valence-corrected chi connectivity index (χ0v) is 46.4. The van der Waals surface area contributed by atoms with Crippen molar-refractivity contribution in [1.82, 2.24) is 0 Å². The van der Waals surface area contributed by atoms with Gasteiger partial charge in [-0.25, -0.2) is 0 Å². The third kappa shape index (κ3) is 50.0. The van der Waals surface area contributed by atoms with Crippen LogP contribution in [0.3, 0.4) is 0 Å². The maximum atomic E-state index is 12.8. The topological polar surface area (TPSA) is 102 Å². The van der Waals surface area contributed by atoms with E-state index in [-0.39, 0.29) is 42.7 Å². The fraction of sp³-hybridized carbons (Fsp3) is 0.790. The van der Waals surface area contributed by atoms with Gasteiger partial charge in [0.15, 0.2) is 6.10 Å². The molecule has 0 radical (unpaired) electrons. The molecule has 2 unspecified atom stereocenters. The van der Waals surface area contributed by atoms with Crippen LogP contribution in [-0.2, 0) is 28.6 Å². The second kappa shape index (κ2) is 52.4. The highest BCUT2D eigenvalue weighted by Gasteiger charge is 2.25. The van der Waals surface area contributed by atoms with E-state index in [1.54, 1.807) is 0 Å². The van der Waals surface area contributed by atoms with Crippen LogP contribution in [0.4, 0.5) is 0 Å². The highest BCUT2D eigenvalue weighted by Crippen LogP contribution is 2.17. The standard InChI is InChI=1S/C62H111NO7/c1-6-8-10-12-14-16-18-20-22-24-26-28-30-32-34-36-38-40-42-44-46-48-50-52-60(64)69-57-58(56-68-55-54-59(62(66)67)63(3,4)5)70-61(65)53-51-49-47-45-43-41-39-37-35-33-31-29-27-25-23-21-19-17-15-13-11-9-7-2/h9,11,15,17,21,23,27,29,33,35,58-59H,6-8,10,12-14,16,18-20,22,24-26,28,30-32,34,36-57H2,1-5H3/b11-9+,17-15+,23-21+,29-27+,35-33+. The average Bonchev–Trinajstić information content (AvgIpc) is 3.33. The molecule has 0 N–H and O–H groups in total. The van der Waals surface area contributed by atoms with Crippen LogP contribution in [0, 0.1) is 0 Å². The first-order valence-corrected chi connectivity index (χ1v) is 29.3. The minimum absolute atomic E-state index is 0.0367. The average molecular weight is 983 g/mol. The van der Waals surface area contributed by atoms with Crippen LogP contribution in [0.5, 0.6) is 0 Å². The number of hydrogen-bond acceptors (Lipinski definition) is 7. The SMILES string of the molecule is CC/C=C/C/C=C/C/C=C/C/C=C/C/C=C/CCCCCCCCCC(=O)OC(COCCC(C(=O)[O-])[N+](C)(C)C)COC(=O)CCCCCCCCCCCCCCCCCCCCCCCCC. The van der Waals surface area contributed by atoms with Crippen molar-refractivity contribution in [2.24, 2.45) is 0 Å². The van der Waals surface area contributed by atoms with Gasteiger partial charge in [-0.3, -0.25) is 9.59 Å². The van der Waals surface area contributed by atoms with Crippen LogP contribution in [0.15, 0.2) is 60.8 Å². The van der Waals surface area contributed by atoms with E-state index in [0.717, 1.165) is 83.5 Å². The molecule has 0 fully saturated rings.